The van der Waals surface area contributed by atoms with E-state index >= 15 is 0 Å². The van der Waals surface area contributed by atoms with Crippen molar-refractivity contribution in [3.63, 3.8) is 0 Å². The molecule has 0 aliphatic carbocycles. The van der Waals surface area contributed by atoms with E-state index in [1.165, 1.54) is 6.07 Å². The number of halogens is 2. The van der Waals surface area contributed by atoms with Crippen LogP contribution in [0.2, 0.25) is 10.0 Å². The van der Waals surface area contributed by atoms with E-state index in [4.69, 9.17) is 33.0 Å². The third kappa shape index (κ3) is 3.00. The molecule has 2 rings (SSSR count). The van der Waals surface area contributed by atoms with Crippen molar-refractivity contribution < 1.29 is 14.6 Å². The molecule has 19 heavy (non-hydrogen) atoms. The predicted octanol–water partition coefficient (Wildman–Crippen LogP) is 4.79. The van der Waals surface area contributed by atoms with Crippen LogP contribution in [-0.2, 0) is 0 Å². The van der Waals surface area contributed by atoms with Crippen molar-refractivity contribution in [1.29, 1.82) is 0 Å². The minimum Gasteiger partial charge on any atom is -0.478 e. The fourth-order valence-corrected chi connectivity index (χ4v) is 1.94. The van der Waals surface area contributed by atoms with Gasteiger partial charge in [0.15, 0.2) is 0 Å². The van der Waals surface area contributed by atoms with Crippen molar-refractivity contribution >= 4 is 29.2 Å². The van der Waals surface area contributed by atoms with E-state index in [1.807, 2.05) is 0 Å². The molecule has 98 valence electrons. The van der Waals surface area contributed by atoms with Gasteiger partial charge in [-0.05, 0) is 30.7 Å². The molecule has 2 aromatic carbocycles. The number of carboxylic acids is 1. The van der Waals surface area contributed by atoms with Crippen LogP contribution in [0.4, 0.5) is 0 Å². The smallest absolute Gasteiger partial charge is 0.339 e. The second-order valence-corrected chi connectivity index (χ2v) is 4.78. The Morgan fingerprint density at radius 3 is 2.63 bits per heavy atom. The standard InChI is InChI=1S/C14H10Cl2O3/c1-8-3-2-4-10(14(17)18)13(8)19-12-7-9(15)5-6-11(12)16/h2-7H,1H3,(H,17,18). The molecule has 0 saturated heterocycles. The molecule has 0 spiro atoms. The van der Waals surface area contributed by atoms with Crippen molar-refractivity contribution in [2.75, 3.05) is 0 Å². The number of hydrogen-bond acceptors (Lipinski definition) is 2. The molecule has 0 aliphatic heterocycles. The summed E-state index contributed by atoms with van der Waals surface area (Å²) >= 11 is 11.9. The highest BCUT2D eigenvalue weighted by Gasteiger charge is 2.15. The van der Waals surface area contributed by atoms with Gasteiger partial charge in [0.1, 0.15) is 17.1 Å². The second-order valence-electron chi connectivity index (χ2n) is 3.93. The number of hydrogen-bond donors (Lipinski definition) is 1. The maximum absolute atomic E-state index is 11.2. The van der Waals surface area contributed by atoms with Gasteiger partial charge in [-0.3, -0.25) is 0 Å². The van der Waals surface area contributed by atoms with Gasteiger partial charge in [-0.25, -0.2) is 4.79 Å². The summed E-state index contributed by atoms with van der Waals surface area (Å²) in [4.78, 5) is 11.2. The van der Waals surface area contributed by atoms with Gasteiger partial charge >= 0.3 is 5.97 Å². The molecule has 0 bridgehead atoms. The molecular formula is C14H10Cl2O3. The highest BCUT2D eigenvalue weighted by atomic mass is 35.5. The Morgan fingerprint density at radius 1 is 1.21 bits per heavy atom. The molecule has 0 heterocycles. The monoisotopic (exact) mass is 296 g/mol. The van der Waals surface area contributed by atoms with Gasteiger partial charge in [0.25, 0.3) is 0 Å². The van der Waals surface area contributed by atoms with Gasteiger partial charge in [-0.1, -0.05) is 35.3 Å². The van der Waals surface area contributed by atoms with Crippen molar-refractivity contribution in [1.82, 2.24) is 0 Å². The van der Waals surface area contributed by atoms with Crippen LogP contribution in [0.25, 0.3) is 0 Å². The zero-order valence-electron chi connectivity index (χ0n) is 9.98. The van der Waals surface area contributed by atoms with E-state index in [0.717, 1.165) is 0 Å². The first-order valence-corrected chi connectivity index (χ1v) is 6.20. The lowest BCUT2D eigenvalue weighted by molar-refractivity contribution is 0.0694. The number of carboxylic acid groups (broad SMARTS) is 1. The molecule has 1 N–H and O–H groups in total. The Labute approximate surface area is 120 Å². The Balaban J connectivity index is 2.49. The van der Waals surface area contributed by atoms with Gasteiger partial charge in [-0.2, -0.15) is 0 Å². The van der Waals surface area contributed by atoms with Gasteiger partial charge in [-0.15, -0.1) is 0 Å². The van der Waals surface area contributed by atoms with Crippen molar-refractivity contribution in [3.8, 4) is 11.5 Å². The van der Waals surface area contributed by atoms with Crippen LogP contribution in [0.5, 0.6) is 11.5 Å². The Hall–Kier alpha value is -1.71. The zero-order chi connectivity index (χ0) is 14.0. The molecule has 2 aromatic rings. The van der Waals surface area contributed by atoms with E-state index in [1.54, 1.807) is 37.3 Å². The summed E-state index contributed by atoms with van der Waals surface area (Å²) in [6.45, 7) is 1.76. The van der Waals surface area contributed by atoms with Gasteiger partial charge in [0, 0.05) is 11.1 Å². The quantitative estimate of drug-likeness (QED) is 0.885. The van der Waals surface area contributed by atoms with Crippen LogP contribution >= 0.6 is 23.2 Å². The SMILES string of the molecule is Cc1cccc(C(=O)O)c1Oc1cc(Cl)ccc1Cl. The molecular weight excluding hydrogens is 287 g/mol. The Morgan fingerprint density at radius 2 is 1.95 bits per heavy atom. The van der Waals surface area contributed by atoms with E-state index in [9.17, 15) is 4.79 Å². The number of carbonyl (C=O) groups is 1. The van der Waals surface area contributed by atoms with Crippen LogP contribution in [0, 0.1) is 6.92 Å². The number of para-hydroxylation sites is 1. The summed E-state index contributed by atoms with van der Waals surface area (Å²) in [6.07, 6.45) is 0. The lowest BCUT2D eigenvalue weighted by Gasteiger charge is -2.12. The molecule has 5 heteroatoms. The summed E-state index contributed by atoms with van der Waals surface area (Å²) in [6, 6.07) is 9.67. The summed E-state index contributed by atoms with van der Waals surface area (Å²) in [5, 5.41) is 9.98. The zero-order valence-corrected chi connectivity index (χ0v) is 11.5. The lowest BCUT2D eigenvalue weighted by Crippen LogP contribution is -2.01. The van der Waals surface area contributed by atoms with E-state index in [-0.39, 0.29) is 11.3 Å². The first-order chi connectivity index (χ1) is 8.99. The number of rotatable bonds is 3. The van der Waals surface area contributed by atoms with Gasteiger partial charge < -0.3 is 9.84 Å². The number of benzene rings is 2. The number of aryl methyl sites for hydroxylation is 1. The van der Waals surface area contributed by atoms with E-state index < -0.39 is 5.97 Å². The topological polar surface area (TPSA) is 46.5 Å². The van der Waals surface area contributed by atoms with Crippen LogP contribution < -0.4 is 4.74 Å². The molecule has 0 aliphatic rings. The molecule has 0 fully saturated rings. The maximum Gasteiger partial charge on any atom is 0.339 e. The first-order valence-electron chi connectivity index (χ1n) is 5.45. The van der Waals surface area contributed by atoms with Crippen LogP contribution in [0.1, 0.15) is 15.9 Å². The summed E-state index contributed by atoms with van der Waals surface area (Å²) in [7, 11) is 0. The normalized spacial score (nSPS) is 10.3. The van der Waals surface area contributed by atoms with Crippen LogP contribution in [0.3, 0.4) is 0 Å². The van der Waals surface area contributed by atoms with E-state index in [0.29, 0.717) is 21.4 Å². The molecule has 0 amide bonds. The largest absolute Gasteiger partial charge is 0.478 e. The summed E-state index contributed by atoms with van der Waals surface area (Å²) in [5.74, 6) is -0.470. The molecule has 0 unspecified atom stereocenters. The average Bonchev–Trinajstić information content (AvgIpc) is 2.35. The fourth-order valence-electron chi connectivity index (χ4n) is 1.62. The predicted molar refractivity (Wildman–Crippen MR) is 74.7 cm³/mol. The molecule has 0 aromatic heterocycles. The third-order valence-electron chi connectivity index (χ3n) is 2.55. The third-order valence-corrected chi connectivity index (χ3v) is 3.09. The van der Waals surface area contributed by atoms with Crippen LogP contribution in [0.15, 0.2) is 36.4 Å². The highest BCUT2D eigenvalue weighted by molar-refractivity contribution is 6.34. The Bertz CT molecular complexity index is 639. The maximum atomic E-state index is 11.2. The number of ether oxygens (including phenoxy) is 1. The van der Waals surface area contributed by atoms with Crippen LogP contribution in [-0.4, -0.2) is 11.1 Å². The highest BCUT2D eigenvalue weighted by Crippen LogP contribution is 2.35. The number of aromatic carboxylic acids is 1. The summed E-state index contributed by atoms with van der Waals surface area (Å²) < 4.78 is 5.62. The van der Waals surface area contributed by atoms with Crippen molar-refractivity contribution in [3.05, 3.63) is 57.6 Å². The van der Waals surface area contributed by atoms with E-state index in [2.05, 4.69) is 0 Å². The van der Waals surface area contributed by atoms with Gasteiger partial charge in [0.2, 0.25) is 0 Å². The molecule has 0 saturated carbocycles. The minimum absolute atomic E-state index is 0.0797. The minimum atomic E-state index is -1.06. The average molecular weight is 297 g/mol. The molecule has 0 atom stereocenters. The summed E-state index contributed by atoms with van der Waals surface area (Å²) in [5.41, 5.74) is 0.784. The lowest BCUT2D eigenvalue weighted by atomic mass is 10.1. The fraction of sp³-hybridized carbons (Fsp3) is 0.0714. The molecule has 0 radical (unpaired) electrons. The second kappa shape index (κ2) is 5.51. The first kappa shape index (κ1) is 13.7. The molecule has 3 nitrogen and oxygen atoms in total. The van der Waals surface area contributed by atoms with Crippen molar-refractivity contribution in [2.45, 2.75) is 6.92 Å². The van der Waals surface area contributed by atoms with Gasteiger partial charge in [0.05, 0.1) is 5.02 Å². The van der Waals surface area contributed by atoms with Crippen molar-refractivity contribution in [2.24, 2.45) is 0 Å². The Kier molecular flexibility index (Phi) is 3.98.